The molecule has 0 bridgehead atoms. The highest BCUT2D eigenvalue weighted by molar-refractivity contribution is 9.10. The lowest BCUT2D eigenvalue weighted by Crippen LogP contribution is -2.05. The first-order valence-electron chi connectivity index (χ1n) is 4.90. The lowest BCUT2D eigenvalue weighted by atomic mass is 10.1. The van der Waals surface area contributed by atoms with E-state index >= 15 is 0 Å². The summed E-state index contributed by atoms with van der Waals surface area (Å²) in [6, 6.07) is 7.82. The molecule has 0 aliphatic rings. The topological polar surface area (TPSA) is 25.2 Å². The van der Waals surface area contributed by atoms with Gasteiger partial charge in [-0.25, -0.2) is 0 Å². The fraction of sp³-hybridized carbons (Fsp3) is 0.167. The van der Waals surface area contributed by atoms with Crippen LogP contribution in [0.3, 0.4) is 0 Å². The molecule has 0 aliphatic carbocycles. The van der Waals surface area contributed by atoms with Gasteiger partial charge in [0, 0.05) is 10.0 Å². The minimum absolute atomic E-state index is 0.158. The van der Waals surface area contributed by atoms with E-state index in [0.29, 0.717) is 5.02 Å². The highest BCUT2D eigenvalue weighted by Crippen LogP contribution is 2.29. The molecule has 1 N–H and O–H groups in total. The standard InChI is InChI=1S/C12H11BrClNO/c1-8(9-4-5-16-7-9)15-12-6-10(13)2-3-11(12)14/h2-8,15H,1H3. The van der Waals surface area contributed by atoms with Crippen LogP contribution in [0.4, 0.5) is 5.69 Å². The van der Waals surface area contributed by atoms with E-state index in [2.05, 4.69) is 28.2 Å². The quantitative estimate of drug-likeness (QED) is 0.875. The maximum Gasteiger partial charge on any atom is 0.0955 e. The summed E-state index contributed by atoms with van der Waals surface area (Å²) in [6.07, 6.45) is 3.39. The first-order valence-corrected chi connectivity index (χ1v) is 6.07. The highest BCUT2D eigenvalue weighted by Gasteiger charge is 2.08. The van der Waals surface area contributed by atoms with Crippen LogP contribution in [0.15, 0.2) is 45.7 Å². The van der Waals surface area contributed by atoms with Crippen LogP contribution in [-0.4, -0.2) is 0 Å². The van der Waals surface area contributed by atoms with Gasteiger partial charge in [0.2, 0.25) is 0 Å². The molecule has 0 spiro atoms. The van der Waals surface area contributed by atoms with Crippen molar-refractivity contribution < 1.29 is 4.42 Å². The van der Waals surface area contributed by atoms with Gasteiger partial charge in [0.25, 0.3) is 0 Å². The smallest absolute Gasteiger partial charge is 0.0955 e. The maximum absolute atomic E-state index is 6.09. The third kappa shape index (κ3) is 2.60. The number of hydrogen-bond acceptors (Lipinski definition) is 2. The molecule has 0 amide bonds. The van der Waals surface area contributed by atoms with Crippen LogP contribution in [0, 0.1) is 0 Å². The van der Waals surface area contributed by atoms with Crippen molar-refractivity contribution in [3.8, 4) is 0 Å². The molecule has 2 aromatic rings. The highest BCUT2D eigenvalue weighted by atomic mass is 79.9. The normalized spacial score (nSPS) is 12.4. The molecule has 0 radical (unpaired) electrons. The Morgan fingerprint density at radius 3 is 2.88 bits per heavy atom. The van der Waals surface area contributed by atoms with E-state index < -0.39 is 0 Å². The number of anilines is 1. The minimum atomic E-state index is 0.158. The second-order valence-electron chi connectivity index (χ2n) is 3.55. The second kappa shape index (κ2) is 4.93. The molecule has 16 heavy (non-hydrogen) atoms. The van der Waals surface area contributed by atoms with Crippen LogP contribution < -0.4 is 5.32 Å². The molecule has 2 rings (SSSR count). The summed E-state index contributed by atoms with van der Waals surface area (Å²) in [5.74, 6) is 0. The first-order chi connectivity index (χ1) is 7.66. The lowest BCUT2D eigenvalue weighted by Gasteiger charge is -2.15. The van der Waals surface area contributed by atoms with E-state index in [1.165, 1.54) is 0 Å². The van der Waals surface area contributed by atoms with Crippen LogP contribution >= 0.6 is 27.5 Å². The van der Waals surface area contributed by atoms with E-state index in [4.69, 9.17) is 16.0 Å². The van der Waals surface area contributed by atoms with Crippen LogP contribution in [0.25, 0.3) is 0 Å². The Morgan fingerprint density at radius 1 is 1.38 bits per heavy atom. The van der Waals surface area contributed by atoms with Crippen molar-refractivity contribution in [2.45, 2.75) is 13.0 Å². The van der Waals surface area contributed by atoms with Gasteiger partial charge in [-0.15, -0.1) is 0 Å². The zero-order valence-corrected chi connectivity index (χ0v) is 11.0. The Balaban J connectivity index is 2.17. The molecule has 4 heteroatoms. The third-order valence-electron chi connectivity index (χ3n) is 2.34. The van der Waals surface area contributed by atoms with Crippen molar-refractivity contribution in [3.05, 3.63) is 51.9 Å². The van der Waals surface area contributed by atoms with Crippen LogP contribution in [-0.2, 0) is 0 Å². The molecule has 1 heterocycles. The summed E-state index contributed by atoms with van der Waals surface area (Å²) in [7, 11) is 0. The van der Waals surface area contributed by atoms with Crippen LogP contribution in [0.1, 0.15) is 18.5 Å². The van der Waals surface area contributed by atoms with Gasteiger partial charge in [0.15, 0.2) is 0 Å². The SMILES string of the molecule is CC(Nc1cc(Br)ccc1Cl)c1ccoc1. The molecular weight excluding hydrogens is 289 g/mol. The predicted molar refractivity (Wildman–Crippen MR) is 69.9 cm³/mol. The van der Waals surface area contributed by atoms with Gasteiger partial charge in [-0.05, 0) is 31.2 Å². The third-order valence-corrected chi connectivity index (χ3v) is 3.17. The average molecular weight is 301 g/mol. The molecule has 84 valence electrons. The summed E-state index contributed by atoms with van der Waals surface area (Å²) in [5, 5.41) is 4.04. The fourth-order valence-electron chi connectivity index (χ4n) is 1.45. The second-order valence-corrected chi connectivity index (χ2v) is 4.87. The molecule has 1 unspecified atom stereocenters. The van der Waals surface area contributed by atoms with Gasteiger partial charge < -0.3 is 9.73 Å². The van der Waals surface area contributed by atoms with Crippen molar-refractivity contribution in [2.24, 2.45) is 0 Å². The average Bonchev–Trinajstić information content (AvgIpc) is 2.76. The first kappa shape index (κ1) is 11.6. The molecule has 1 aromatic carbocycles. The monoisotopic (exact) mass is 299 g/mol. The largest absolute Gasteiger partial charge is 0.472 e. The van der Waals surface area contributed by atoms with E-state index in [9.17, 15) is 0 Å². The Hall–Kier alpha value is -0.930. The molecule has 1 atom stereocenters. The van der Waals surface area contributed by atoms with Crippen molar-refractivity contribution in [2.75, 3.05) is 5.32 Å². The van der Waals surface area contributed by atoms with Gasteiger partial charge >= 0.3 is 0 Å². The Bertz CT molecular complexity index is 470. The van der Waals surface area contributed by atoms with E-state index in [1.54, 1.807) is 12.5 Å². The number of furan rings is 1. The van der Waals surface area contributed by atoms with E-state index in [0.717, 1.165) is 15.7 Å². The predicted octanol–water partition coefficient (Wildman–Crippen LogP) is 4.87. The lowest BCUT2D eigenvalue weighted by molar-refractivity contribution is 0.562. The number of nitrogens with one attached hydrogen (secondary N) is 1. The molecule has 0 saturated carbocycles. The molecule has 0 saturated heterocycles. The van der Waals surface area contributed by atoms with Crippen LogP contribution in [0.2, 0.25) is 5.02 Å². The number of halogens is 2. The zero-order chi connectivity index (χ0) is 11.5. The van der Waals surface area contributed by atoms with Crippen molar-refractivity contribution in [1.29, 1.82) is 0 Å². The van der Waals surface area contributed by atoms with Gasteiger partial charge in [-0.2, -0.15) is 0 Å². The van der Waals surface area contributed by atoms with Gasteiger partial charge in [-0.1, -0.05) is 27.5 Å². The molecule has 0 fully saturated rings. The van der Waals surface area contributed by atoms with E-state index in [1.807, 2.05) is 24.3 Å². The molecular formula is C12H11BrClNO. The van der Waals surface area contributed by atoms with Crippen molar-refractivity contribution in [3.63, 3.8) is 0 Å². The summed E-state index contributed by atoms with van der Waals surface area (Å²) in [6.45, 7) is 2.06. The maximum atomic E-state index is 6.09. The molecule has 0 aliphatic heterocycles. The zero-order valence-electron chi connectivity index (χ0n) is 8.71. The molecule has 1 aromatic heterocycles. The van der Waals surface area contributed by atoms with Crippen LogP contribution in [0.5, 0.6) is 0 Å². The summed E-state index contributed by atoms with van der Waals surface area (Å²) in [5.41, 5.74) is 2.00. The summed E-state index contributed by atoms with van der Waals surface area (Å²) >= 11 is 9.51. The molecule has 2 nitrogen and oxygen atoms in total. The minimum Gasteiger partial charge on any atom is -0.472 e. The van der Waals surface area contributed by atoms with Crippen molar-refractivity contribution in [1.82, 2.24) is 0 Å². The Kier molecular flexibility index (Phi) is 3.56. The van der Waals surface area contributed by atoms with Crippen molar-refractivity contribution >= 4 is 33.2 Å². The summed E-state index contributed by atoms with van der Waals surface area (Å²) in [4.78, 5) is 0. The van der Waals surface area contributed by atoms with Gasteiger partial charge in [0.1, 0.15) is 0 Å². The Labute approximate surface area is 108 Å². The van der Waals surface area contributed by atoms with Gasteiger partial charge in [0.05, 0.1) is 29.3 Å². The van der Waals surface area contributed by atoms with E-state index in [-0.39, 0.29) is 6.04 Å². The number of rotatable bonds is 3. The summed E-state index contributed by atoms with van der Waals surface area (Å²) < 4.78 is 6.04. The fourth-order valence-corrected chi connectivity index (χ4v) is 1.98. The number of hydrogen-bond donors (Lipinski definition) is 1. The van der Waals surface area contributed by atoms with Gasteiger partial charge in [-0.3, -0.25) is 0 Å². The Morgan fingerprint density at radius 2 is 2.19 bits per heavy atom. The number of benzene rings is 1.